The lowest BCUT2D eigenvalue weighted by molar-refractivity contribution is 0.0362. The van der Waals surface area contributed by atoms with Crippen LogP contribution in [0.2, 0.25) is 5.02 Å². The van der Waals surface area contributed by atoms with Gasteiger partial charge in [-0.3, -0.25) is 4.90 Å². The van der Waals surface area contributed by atoms with Crippen molar-refractivity contribution in [1.29, 1.82) is 0 Å². The molecule has 0 fully saturated rings. The van der Waals surface area contributed by atoms with E-state index in [1.807, 2.05) is 19.9 Å². The summed E-state index contributed by atoms with van der Waals surface area (Å²) < 4.78 is 5.30. The van der Waals surface area contributed by atoms with E-state index in [-0.39, 0.29) is 6.09 Å². The maximum absolute atomic E-state index is 11.5. The lowest BCUT2D eigenvalue weighted by Gasteiger charge is -2.36. The van der Waals surface area contributed by atoms with Crippen molar-refractivity contribution >= 4 is 23.4 Å². The first-order chi connectivity index (χ1) is 6.92. The fourth-order valence-corrected chi connectivity index (χ4v) is 1.90. The highest BCUT2D eigenvalue weighted by Crippen LogP contribution is 2.39. The van der Waals surface area contributed by atoms with E-state index in [0.29, 0.717) is 5.02 Å². The molecule has 0 spiro atoms. The number of hydrogen-bond acceptors (Lipinski definition) is 2. The Morgan fingerprint density at radius 1 is 1.40 bits per heavy atom. The number of anilines is 1. The van der Waals surface area contributed by atoms with Crippen LogP contribution in [0.4, 0.5) is 10.5 Å². The van der Waals surface area contributed by atoms with E-state index in [0.717, 1.165) is 11.3 Å². The van der Waals surface area contributed by atoms with E-state index in [1.165, 1.54) is 4.90 Å². The second kappa shape index (κ2) is 3.14. The number of carbonyl (C=O) groups excluding carboxylic acids is 1. The molecule has 0 atom stereocenters. The number of halogens is 1. The lowest BCUT2D eigenvalue weighted by Crippen LogP contribution is -2.41. The quantitative estimate of drug-likeness (QED) is 0.679. The lowest BCUT2D eigenvalue weighted by atomic mass is 9.94. The maximum Gasteiger partial charge on any atom is 0.414 e. The summed E-state index contributed by atoms with van der Waals surface area (Å²) >= 11 is 5.90. The van der Waals surface area contributed by atoms with Gasteiger partial charge in [-0.25, -0.2) is 4.79 Å². The monoisotopic (exact) mass is 225 g/mol. The Bertz CT molecular complexity index is 429. The first-order valence-corrected chi connectivity index (χ1v) is 5.06. The van der Waals surface area contributed by atoms with Crippen LogP contribution in [0.25, 0.3) is 0 Å². The van der Waals surface area contributed by atoms with Crippen LogP contribution in [0.15, 0.2) is 18.2 Å². The van der Waals surface area contributed by atoms with Gasteiger partial charge >= 0.3 is 6.09 Å². The average molecular weight is 226 g/mol. The van der Waals surface area contributed by atoms with Crippen molar-refractivity contribution in [3.05, 3.63) is 28.8 Å². The number of fused-ring (bicyclic) bond motifs is 1. The van der Waals surface area contributed by atoms with Crippen molar-refractivity contribution in [2.24, 2.45) is 0 Å². The fourth-order valence-electron chi connectivity index (χ4n) is 1.73. The van der Waals surface area contributed by atoms with Gasteiger partial charge in [0.25, 0.3) is 0 Å². The Morgan fingerprint density at radius 2 is 2.07 bits per heavy atom. The molecule has 0 radical (unpaired) electrons. The zero-order valence-electron chi connectivity index (χ0n) is 8.87. The van der Waals surface area contributed by atoms with Crippen molar-refractivity contribution in [2.75, 3.05) is 11.9 Å². The molecule has 1 aromatic rings. The Hall–Kier alpha value is -1.22. The van der Waals surface area contributed by atoms with Gasteiger partial charge in [-0.15, -0.1) is 0 Å². The molecule has 0 saturated carbocycles. The van der Waals surface area contributed by atoms with Crippen LogP contribution in [-0.4, -0.2) is 13.1 Å². The number of benzene rings is 1. The summed E-state index contributed by atoms with van der Waals surface area (Å²) in [5, 5.41) is 0.617. The molecule has 3 nitrogen and oxygen atoms in total. The second-order valence-electron chi connectivity index (χ2n) is 4.10. The Morgan fingerprint density at radius 3 is 2.73 bits per heavy atom. The molecule has 0 saturated heterocycles. The standard InChI is InChI=1S/C11H12ClNO2/c1-11(2)8-5-4-7(12)6-9(8)13(3)10(14)15-11/h4-6H,1-3H3. The van der Waals surface area contributed by atoms with E-state index < -0.39 is 5.60 Å². The molecule has 1 heterocycles. The van der Waals surface area contributed by atoms with Crippen molar-refractivity contribution in [3.8, 4) is 0 Å². The summed E-state index contributed by atoms with van der Waals surface area (Å²) in [7, 11) is 1.67. The molecular weight excluding hydrogens is 214 g/mol. The highest BCUT2D eigenvalue weighted by atomic mass is 35.5. The molecule has 0 bridgehead atoms. The van der Waals surface area contributed by atoms with Gasteiger partial charge in [0, 0.05) is 17.6 Å². The molecule has 4 heteroatoms. The summed E-state index contributed by atoms with van der Waals surface area (Å²) in [6.07, 6.45) is -0.352. The molecule has 1 aromatic carbocycles. The van der Waals surface area contributed by atoms with Gasteiger partial charge in [-0.1, -0.05) is 17.7 Å². The fraction of sp³-hybridized carbons (Fsp3) is 0.364. The zero-order valence-corrected chi connectivity index (χ0v) is 9.63. The van der Waals surface area contributed by atoms with Crippen LogP contribution in [-0.2, 0) is 10.3 Å². The Kier molecular flexibility index (Phi) is 2.15. The summed E-state index contributed by atoms with van der Waals surface area (Å²) in [5.41, 5.74) is 1.18. The molecule has 15 heavy (non-hydrogen) atoms. The van der Waals surface area contributed by atoms with Crippen molar-refractivity contribution in [3.63, 3.8) is 0 Å². The predicted molar refractivity (Wildman–Crippen MR) is 59.4 cm³/mol. The molecule has 80 valence electrons. The van der Waals surface area contributed by atoms with Gasteiger partial charge in [-0.2, -0.15) is 0 Å². The summed E-state index contributed by atoms with van der Waals surface area (Å²) in [5.74, 6) is 0. The number of cyclic esters (lactones) is 1. The van der Waals surface area contributed by atoms with Crippen LogP contribution in [0.3, 0.4) is 0 Å². The molecule has 1 amide bonds. The third kappa shape index (κ3) is 1.57. The molecule has 0 N–H and O–H groups in total. The van der Waals surface area contributed by atoms with Crippen molar-refractivity contribution < 1.29 is 9.53 Å². The van der Waals surface area contributed by atoms with E-state index in [9.17, 15) is 4.79 Å². The normalized spacial score (nSPS) is 18.4. The molecule has 1 aliphatic heterocycles. The minimum atomic E-state index is -0.594. The molecule has 0 aliphatic carbocycles. The third-order valence-electron chi connectivity index (χ3n) is 2.59. The molecule has 2 rings (SSSR count). The predicted octanol–water partition coefficient (Wildman–Crippen LogP) is 3.16. The number of hydrogen-bond donors (Lipinski definition) is 0. The molecule has 0 aromatic heterocycles. The number of carbonyl (C=O) groups is 1. The first-order valence-electron chi connectivity index (χ1n) is 4.68. The van der Waals surface area contributed by atoms with Gasteiger partial charge in [-0.05, 0) is 26.0 Å². The maximum atomic E-state index is 11.5. The van der Waals surface area contributed by atoms with Crippen LogP contribution in [0, 0.1) is 0 Å². The van der Waals surface area contributed by atoms with Gasteiger partial charge in [0.2, 0.25) is 0 Å². The topological polar surface area (TPSA) is 29.5 Å². The van der Waals surface area contributed by atoms with Crippen molar-refractivity contribution in [2.45, 2.75) is 19.4 Å². The second-order valence-corrected chi connectivity index (χ2v) is 4.54. The van der Waals surface area contributed by atoms with Gasteiger partial charge < -0.3 is 4.74 Å². The van der Waals surface area contributed by atoms with E-state index in [2.05, 4.69) is 0 Å². The molecule has 0 unspecified atom stereocenters. The smallest absolute Gasteiger partial charge is 0.414 e. The zero-order chi connectivity index (χ0) is 11.2. The number of nitrogens with zero attached hydrogens (tertiary/aromatic N) is 1. The third-order valence-corrected chi connectivity index (χ3v) is 2.82. The minimum Gasteiger partial charge on any atom is -0.438 e. The SMILES string of the molecule is CN1C(=O)OC(C)(C)c2ccc(Cl)cc21. The summed E-state index contributed by atoms with van der Waals surface area (Å²) in [4.78, 5) is 13.0. The Balaban J connectivity index is 2.64. The molecular formula is C11H12ClNO2. The van der Waals surface area contributed by atoms with Crippen LogP contribution in [0.5, 0.6) is 0 Å². The van der Waals surface area contributed by atoms with E-state index >= 15 is 0 Å². The van der Waals surface area contributed by atoms with E-state index in [1.54, 1.807) is 19.2 Å². The number of amides is 1. The van der Waals surface area contributed by atoms with Crippen LogP contribution >= 0.6 is 11.6 Å². The highest BCUT2D eigenvalue weighted by molar-refractivity contribution is 6.31. The number of ether oxygens (including phenoxy) is 1. The van der Waals surface area contributed by atoms with Crippen LogP contribution < -0.4 is 4.90 Å². The average Bonchev–Trinajstić information content (AvgIpc) is 2.13. The summed E-state index contributed by atoms with van der Waals surface area (Å²) in [6.45, 7) is 3.73. The number of rotatable bonds is 0. The van der Waals surface area contributed by atoms with Gasteiger partial charge in [0.1, 0.15) is 5.60 Å². The summed E-state index contributed by atoms with van der Waals surface area (Å²) in [6, 6.07) is 5.47. The minimum absolute atomic E-state index is 0.352. The largest absolute Gasteiger partial charge is 0.438 e. The highest BCUT2D eigenvalue weighted by Gasteiger charge is 2.36. The Labute approximate surface area is 93.6 Å². The van der Waals surface area contributed by atoms with E-state index in [4.69, 9.17) is 16.3 Å². The van der Waals surface area contributed by atoms with Crippen LogP contribution in [0.1, 0.15) is 19.4 Å². The van der Waals surface area contributed by atoms with Gasteiger partial charge in [0.05, 0.1) is 5.69 Å². The van der Waals surface area contributed by atoms with Gasteiger partial charge in [0.15, 0.2) is 0 Å². The molecule has 1 aliphatic rings. The van der Waals surface area contributed by atoms with Crippen molar-refractivity contribution in [1.82, 2.24) is 0 Å². The first kappa shape index (κ1) is 10.3.